The Balaban J connectivity index is 1.31. The maximum Gasteiger partial charge on any atom is 0.291 e. The first kappa shape index (κ1) is 20.0. The van der Waals surface area contributed by atoms with E-state index >= 15 is 0 Å². The minimum atomic E-state index is -0.503. The predicted molar refractivity (Wildman–Crippen MR) is 115 cm³/mol. The Kier molecular flexibility index (Phi) is 4.98. The molecular weight excluding hydrogens is 430 g/mol. The first-order valence-electron chi connectivity index (χ1n) is 9.98. The predicted octanol–water partition coefficient (Wildman–Crippen LogP) is 2.09. The van der Waals surface area contributed by atoms with Crippen molar-refractivity contribution in [3.63, 3.8) is 0 Å². The highest BCUT2D eigenvalue weighted by Crippen LogP contribution is 2.26. The van der Waals surface area contributed by atoms with Crippen LogP contribution in [-0.2, 0) is 4.79 Å². The SMILES string of the molecule is O=C1c2ccccc2C(=O)N1CC(=O)N1CCCN1C(=O)c1csc(-c2cccnc2)n1. The molecule has 32 heavy (non-hydrogen) atoms. The van der Waals surface area contributed by atoms with Gasteiger partial charge in [0.25, 0.3) is 23.6 Å². The molecule has 2 aliphatic heterocycles. The van der Waals surface area contributed by atoms with E-state index in [1.54, 1.807) is 48.1 Å². The summed E-state index contributed by atoms with van der Waals surface area (Å²) in [5.41, 5.74) is 1.60. The van der Waals surface area contributed by atoms with Crippen molar-refractivity contribution in [1.29, 1.82) is 0 Å². The Bertz CT molecular complexity index is 1210. The third kappa shape index (κ3) is 3.34. The molecule has 4 amide bonds. The highest BCUT2D eigenvalue weighted by Gasteiger charge is 2.39. The number of amides is 4. The molecule has 0 spiro atoms. The van der Waals surface area contributed by atoms with Crippen LogP contribution in [0.1, 0.15) is 37.6 Å². The quantitative estimate of drug-likeness (QED) is 0.568. The van der Waals surface area contributed by atoms with Crippen LogP contribution in [0, 0.1) is 0 Å². The number of rotatable bonds is 4. The Morgan fingerprint density at radius 3 is 2.38 bits per heavy atom. The molecule has 5 rings (SSSR count). The molecule has 0 bridgehead atoms. The van der Waals surface area contributed by atoms with Crippen molar-refractivity contribution in [3.8, 4) is 10.6 Å². The number of hydrogen-bond donors (Lipinski definition) is 0. The topological polar surface area (TPSA) is 104 Å². The van der Waals surface area contributed by atoms with Crippen LogP contribution in [0.25, 0.3) is 10.6 Å². The summed E-state index contributed by atoms with van der Waals surface area (Å²) in [6.07, 6.45) is 3.92. The molecule has 4 heterocycles. The van der Waals surface area contributed by atoms with E-state index in [1.807, 2.05) is 6.07 Å². The molecule has 0 N–H and O–H groups in total. The molecule has 0 radical (unpaired) electrons. The van der Waals surface area contributed by atoms with Crippen LogP contribution < -0.4 is 0 Å². The number of pyridine rings is 1. The lowest BCUT2D eigenvalue weighted by molar-refractivity contribution is -0.140. The fourth-order valence-corrected chi connectivity index (χ4v) is 4.59. The second kappa shape index (κ2) is 7.97. The van der Waals surface area contributed by atoms with Crippen molar-refractivity contribution in [1.82, 2.24) is 24.9 Å². The van der Waals surface area contributed by atoms with Gasteiger partial charge in [0.15, 0.2) is 0 Å². The summed E-state index contributed by atoms with van der Waals surface area (Å²) in [7, 11) is 0. The van der Waals surface area contributed by atoms with Crippen LogP contribution in [-0.4, -0.2) is 68.1 Å². The van der Waals surface area contributed by atoms with E-state index < -0.39 is 30.2 Å². The zero-order valence-corrected chi connectivity index (χ0v) is 17.6. The molecule has 3 aromatic rings. The van der Waals surface area contributed by atoms with Crippen LogP contribution in [0.15, 0.2) is 54.2 Å². The first-order chi connectivity index (χ1) is 15.5. The van der Waals surface area contributed by atoms with Crippen LogP contribution in [0.5, 0.6) is 0 Å². The molecule has 1 aromatic carbocycles. The van der Waals surface area contributed by atoms with Crippen molar-refractivity contribution in [2.75, 3.05) is 19.6 Å². The van der Waals surface area contributed by atoms with Crippen molar-refractivity contribution in [2.45, 2.75) is 6.42 Å². The number of carbonyl (C=O) groups is 4. The first-order valence-corrected chi connectivity index (χ1v) is 10.9. The van der Waals surface area contributed by atoms with Crippen LogP contribution in [0.4, 0.5) is 0 Å². The molecule has 2 aromatic heterocycles. The number of nitrogens with zero attached hydrogens (tertiary/aromatic N) is 5. The number of thiazole rings is 1. The Morgan fingerprint density at radius 2 is 1.69 bits per heavy atom. The molecule has 0 atom stereocenters. The summed E-state index contributed by atoms with van der Waals surface area (Å²) in [5.74, 6) is -1.90. The summed E-state index contributed by atoms with van der Waals surface area (Å²) in [6.45, 7) is 0.258. The molecule has 0 saturated carbocycles. The van der Waals surface area contributed by atoms with Crippen LogP contribution >= 0.6 is 11.3 Å². The van der Waals surface area contributed by atoms with Gasteiger partial charge in [-0.15, -0.1) is 11.3 Å². The number of hydrogen-bond acceptors (Lipinski definition) is 7. The van der Waals surface area contributed by atoms with E-state index in [0.717, 1.165) is 10.5 Å². The van der Waals surface area contributed by atoms with E-state index in [2.05, 4.69) is 9.97 Å². The van der Waals surface area contributed by atoms with Gasteiger partial charge in [0.1, 0.15) is 17.2 Å². The number of hydrazine groups is 1. The molecular formula is C22H17N5O4S. The normalized spacial score (nSPS) is 15.4. The Morgan fingerprint density at radius 1 is 0.969 bits per heavy atom. The fraction of sp³-hybridized carbons (Fsp3) is 0.182. The zero-order valence-electron chi connectivity index (χ0n) is 16.8. The van der Waals surface area contributed by atoms with Gasteiger partial charge in [-0.05, 0) is 30.7 Å². The van der Waals surface area contributed by atoms with Crippen molar-refractivity contribution >= 4 is 35.0 Å². The van der Waals surface area contributed by atoms with Gasteiger partial charge < -0.3 is 0 Å². The van der Waals surface area contributed by atoms with E-state index in [4.69, 9.17) is 0 Å². The number of fused-ring (bicyclic) bond motifs is 1. The largest absolute Gasteiger partial charge is 0.291 e. The van der Waals surface area contributed by atoms with Crippen LogP contribution in [0.2, 0.25) is 0 Å². The van der Waals surface area contributed by atoms with E-state index in [-0.39, 0.29) is 16.8 Å². The maximum atomic E-state index is 13.1. The average Bonchev–Trinajstić information content (AvgIpc) is 3.56. The third-order valence-electron chi connectivity index (χ3n) is 5.36. The number of imide groups is 1. The molecule has 0 unspecified atom stereocenters. The number of aromatic nitrogens is 2. The van der Waals surface area contributed by atoms with E-state index in [9.17, 15) is 19.2 Å². The highest BCUT2D eigenvalue weighted by atomic mass is 32.1. The third-order valence-corrected chi connectivity index (χ3v) is 6.25. The van der Waals surface area contributed by atoms with Gasteiger partial charge in [0, 0.05) is 36.4 Å². The van der Waals surface area contributed by atoms with Gasteiger partial charge in [0.2, 0.25) is 0 Å². The smallest absolute Gasteiger partial charge is 0.271 e. The zero-order chi connectivity index (χ0) is 22.2. The fourth-order valence-electron chi connectivity index (χ4n) is 3.81. The standard InChI is InChI=1S/C22H17N5O4S/c28-18(12-25-20(29)15-6-1-2-7-16(15)21(25)30)26-9-4-10-27(26)22(31)17-13-32-19(24-17)14-5-3-8-23-11-14/h1-3,5-8,11,13H,4,9-10,12H2. The lowest BCUT2D eigenvalue weighted by atomic mass is 10.1. The lowest BCUT2D eigenvalue weighted by Gasteiger charge is -2.28. The molecule has 1 saturated heterocycles. The molecule has 0 aliphatic carbocycles. The lowest BCUT2D eigenvalue weighted by Crippen LogP contribution is -2.49. The van der Waals surface area contributed by atoms with Crippen LogP contribution in [0.3, 0.4) is 0 Å². The summed E-state index contributed by atoms with van der Waals surface area (Å²) >= 11 is 1.32. The second-order valence-electron chi connectivity index (χ2n) is 7.32. The minimum Gasteiger partial charge on any atom is -0.271 e. The molecule has 2 aliphatic rings. The van der Waals surface area contributed by atoms with E-state index in [0.29, 0.717) is 24.5 Å². The Labute approximate surface area is 186 Å². The Hall–Kier alpha value is -3.92. The highest BCUT2D eigenvalue weighted by molar-refractivity contribution is 7.13. The van der Waals surface area contributed by atoms with Crippen molar-refractivity contribution in [3.05, 3.63) is 71.0 Å². The molecule has 10 heteroatoms. The average molecular weight is 447 g/mol. The van der Waals surface area contributed by atoms with Crippen molar-refractivity contribution < 1.29 is 19.2 Å². The van der Waals surface area contributed by atoms with Gasteiger partial charge in [-0.2, -0.15) is 0 Å². The molecule has 9 nitrogen and oxygen atoms in total. The van der Waals surface area contributed by atoms with Gasteiger partial charge in [-0.3, -0.25) is 29.1 Å². The van der Waals surface area contributed by atoms with Gasteiger partial charge >= 0.3 is 0 Å². The number of carbonyl (C=O) groups excluding carboxylic acids is 4. The summed E-state index contributed by atoms with van der Waals surface area (Å²) in [4.78, 5) is 60.6. The molecule has 1 fully saturated rings. The van der Waals surface area contributed by atoms with Gasteiger partial charge in [0.05, 0.1) is 11.1 Å². The monoisotopic (exact) mass is 447 g/mol. The second-order valence-corrected chi connectivity index (χ2v) is 8.18. The summed E-state index contributed by atoms with van der Waals surface area (Å²) in [6, 6.07) is 10.1. The van der Waals surface area contributed by atoms with Gasteiger partial charge in [-0.1, -0.05) is 12.1 Å². The maximum absolute atomic E-state index is 13.1. The van der Waals surface area contributed by atoms with Crippen molar-refractivity contribution in [2.24, 2.45) is 0 Å². The minimum absolute atomic E-state index is 0.231. The number of benzene rings is 1. The van der Waals surface area contributed by atoms with Gasteiger partial charge in [-0.25, -0.2) is 15.0 Å². The molecule has 160 valence electrons. The summed E-state index contributed by atoms with van der Waals surface area (Å²) in [5, 5.41) is 4.94. The van der Waals surface area contributed by atoms with E-state index in [1.165, 1.54) is 21.4 Å². The summed E-state index contributed by atoms with van der Waals surface area (Å²) < 4.78 is 0.